The van der Waals surface area contributed by atoms with Crippen molar-refractivity contribution in [1.29, 1.82) is 0 Å². The van der Waals surface area contributed by atoms with Gasteiger partial charge >= 0.3 is 5.65 Å². The summed E-state index contributed by atoms with van der Waals surface area (Å²) < 4.78 is 4.45. The molecule has 39 heavy (non-hydrogen) atoms. The van der Waals surface area contributed by atoms with Gasteiger partial charge in [-0.2, -0.15) is 4.98 Å². The zero-order valence-corrected chi connectivity index (χ0v) is 24.0. The maximum atomic E-state index is 5.89. The molecule has 3 aromatic carbocycles. The van der Waals surface area contributed by atoms with Crippen LogP contribution in [0.4, 0.5) is 5.82 Å². The number of nitrogens with zero attached hydrogens (tertiary/aromatic N) is 4. The fraction of sp³-hybridized carbons (Fsp3) is 0.219. The molecule has 200 valence electrons. The molecule has 0 bridgehead atoms. The molecular weight excluding hydrogens is 550 g/mol. The van der Waals surface area contributed by atoms with Crippen molar-refractivity contribution in [3.8, 4) is 0 Å². The van der Waals surface area contributed by atoms with E-state index >= 15 is 0 Å². The second-order valence-electron chi connectivity index (χ2n) is 9.47. The number of hydrogen-bond donors (Lipinski definition) is 1. The summed E-state index contributed by atoms with van der Waals surface area (Å²) in [5.41, 5.74) is 9.69. The maximum absolute atomic E-state index is 5.89. The number of anilines is 1. The van der Waals surface area contributed by atoms with Gasteiger partial charge in [0.05, 0.1) is 13.2 Å². The SMILES string of the molecule is CCC/C(C)=C/Cn1c[n+](C(c2ccccc2)c2ccccc2)c2ncnc(NOCc3ccccc3)c21.[Br-]. The highest BCUT2D eigenvalue weighted by Crippen LogP contribution is 2.26. The molecule has 6 nitrogen and oxygen atoms in total. The summed E-state index contributed by atoms with van der Waals surface area (Å²) in [6, 6.07) is 31.2. The second kappa shape index (κ2) is 13.8. The molecule has 0 atom stereocenters. The number of nitrogens with one attached hydrogen (secondary N) is 1. The van der Waals surface area contributed by atoms with E-state index in [1.165, 1.54) is 16.7 Å². The molecule has 2 aromatic heterocycles. The van der Waals surface area contributed by atoms with E-state index in [2.05, 4.69) is 107 Å². The number of halogens is 1. The van der Waals surface area contributed by atoms with Crippen molar-refractivity contribution in [1.82, 2.24) is 14.5 Å². The highest BCUT2D eigenvalue weighted by atomic mass is 79.9. The number of hydrogen-bond acceptors (Lipinski definition) is 4. The van der Waals surface area contributed by atoms with Crippen LogP contribution in [-0.4, -0.2) is 14.5 Å². The lowest BCUT2D eigenvalue weighted by Gasteiger charge is -2.16. The van der Waals surface area contributed by atoms with Gasteiger partial charge in [-0.05, 0) is 30.0 Å². The van der Waals surface area contributed by atoms with Crippen LogP contribution in [-0.2, 0) is 18.0 Å². The van der Waals surface area contributed by atoms with E-state index in [0.717, 1.165) is 29.6 Å². The number of benzene rings is 3. The van der Waals surface area contributed by atoms with Gasteiger partial charge in [-0.1, -0.05) is 121 Å². The van der Waals surface area contributed by atoms with E-state index in [0.29, 0.717) is 19.0 Å². The van der Waals surface area contributed by atoms with E-state index in [4.69, 9.17) is 9.82 Å². The van der Waals surface area contributed by atoms with E-state index in [1.807, 2.05) is 30.3 Å². The number of allylic oxidation sites excluding steroid dienone is 2. The summed E-state index contributed by atoms with van der Waals surface area (Å²) in [4.78, 5) is 15.3. The smallest absolute Gasteiger partial charge is 0.308 e. The molecule has 0 spiro atoms. The molecule has 0 saturated carbocycles. The number of rotatable bonds is 11. The standard InChI is InChI=1S/C32H34N5O.BrH/c1-3-13-25(2)20-21-36-24-37(29(27-16-9-5-10-17-27)28-18-11-6-12-19-28)32-30(36)31(33-23-34-32)35-38-22-26-14-7-4-8-15-26;/h4-12,14-20,23-24,29H,3,13,21-22H2,1-2H3,(H,33,34,35);1H/q+1;/p-1/b25-20+;. The largest absolute Gasteiger partial charge is 1.00 e. The summed E-state index contributed by atoms with van der Waals surface area (Å²) in [7, 11) is 0. The normalized spacial score (nSPS) is 11.5. The zero-order valence-electron chi connectivity index (χ0n) is 22.4. The molecule has 0 unspecified atom stereocenters. The minimum Gasteiger partial charge on any atom is -1.00 e. The summed E-state index contributed by atoms with van der Waals surface area (Å²) in [6.07, 6.45) is 8.25. The Morgan fingerprint density at radius 1 is 0.923 bits per heavy atom. The summed E-state index contributed by atoms with van der Waals surface area (Å²) >= 11 is 0. The lowest BCUT2D eigenvalue weighted by atomic mass is 9.98. The minimum absolute atomic E-state index is 0. The molecule has 0 fully saturated rings. The molecule has 0 radical (unpaired) electrons. The van der Waals surface area contributed by atoms with E-state index in [1.54, 1.807) is 6.33 Å². The maximum Gasteiger partial charge on any atom is 0.308 e. The summed E-state index contributed by atoms with van der Waals surface area (Å²) in [6.45, 7) is 5.55. The van der Waals surface area contributed by atoms with Gasteiger partial charge in [0.2, 0.25) is 5.52 Å². The molecule has 0 aliphatic carbocycles. The Morgan fingerprint density at radius 3 is 2.15 bits per heavy atom. The lowest BCUT2D eigenvalue weighted by molar-refractivity contribution is -0.682. The number of aromatic nitrogens is 4. The van der Waals surface area contributed by atoms with Crippen molar-refractivity contribution in [3.05, 3.63) is 132 Å². The van der Waals surface area contributed by atoms with Crippen molar-refractivity contribution in [2.75, 3.05) is 5.48 Å². The molecule has 5 aromatic rings. The molecule has 0 aliphatic rings. The van der Waals surface area contributed by atoms with Crippen molar-refractivity contribution in [3.63, 3.8) is 0 Å². The van der Waals surface area contributed by atoms with Crippen LogP contribution in [0.2, 0.25) is 0 Å². The Balaban J connectivity index is 0.00000353. The van der Waals surface area contributed by atoms with Crippen LogP contribution in [0.5, 0.6) is 0 Å². The molecule has 0 saturated heterocycles. The topological polar surface area (TPSA) is 55.9 Å². The van der Waals surface area contributed by atoms with Gasteiger partial charge in [-0.3, -0.25) is 9.40 Å². The van der Waals surface area contributed by atoms with Gasteiger partial charge in [0, 0.05) is 0 Å². The Bertz CT molecular complexity index is 1450. The monoisotopic (exact) mass is 583 g/mol. The molecule has 0 amide bonds. The van der Waals surface area contributed by atoms with Gasteiger partial charge in [0.1, 0.15) is 6.04 Å². The third-order valence-electron chi connectivity index (χ3n) is 6.64. The summed E-state index contributed by atoms with van der Waals surface area (Å²) in [5, 5.41) is 0. The first-order chi connectivity index (χ1) is 18.7. The van der Waals surface area contributed by atoms with Crippen molar-refractivity contribution < 1.29 is 26.4 Å². The van der Waals surface area contributed by atoms with Crippen LogP contribution in [0.15, 0.2) is 115 Å². The van der Waals surface area contributed by atoms with Crippen LogP contribution >= 0.6 is 0 Å². The molecule has 7 heteroatoms. The van der Waals surface area contributed by atoms with Gasteiger partial charge in [-0.25, -0.2) is 10.0 Å². The molecule has 0 aliphatic heterocycles. The van der Waals surface area contributed by atoms with E-state index in [9.17, 15) is 0 Å². The predicted molar refractivity (Wildman–Crippen MR) is 151 cm³/mol. The number of imidazole rings is 1. The van der Waals surface area contributed by atoms with Crippen molar-refractivity contribution >= 4 is 17.0 Å². The summed E-state index contributed by atoms with van der Waals surface area (Å²) in [5.74, 6) is 0.645. The van der Waals surface area contributed by atoms with Crippen LogP contribution in [0.25, 0.3) is 11.2 Å². The Hall–Kier alpha value is -3.81. The van der Waals surface area contributed by atoms with Gasteiger partial charge in [0.15, 0.2) is 18.5 Å². The van der Waals surface area contributed by atoms with E-state index < -0.39 is 0 Å². The second-order valence-corrected chi connectivity index (χ2v) is 9.47. The van der Waals surface area contributed by atoms with Crippen LogP contribution in [0, 0.1) is 0 Å². The van der Waals surface area contributed by atoms with Crippen LogP contribution < -0.4 is 27.0 Å². The van der Waals surface area contributed by atoms with Crippen LogP contribution in [0.3, 0.4) is 0 Å². The van der Waals surface area contributed by atoms with Crippen molar-refractivity contribution in [2.45, 2.75) is 45.9 Å². The highest BCUT2D eigenvalue weighted by molar-refractivity contribution is 5.80. The van der Waals surface area contributed by atoms with Crippen LogP contribution in [0.1, 0.15) is 49.4 Å². The zero-order chi connectivity index (χ0) is 26.2. The van der Waals surface area contributed by atoms with Gasteiger partial charge < -0.3 is 17.0 Å². The predicted octanol–water partition coefficient (Wildman–Crippen LogP) is 3.65. The first-order valence-corrected chi connectivity index (χ1v) is 13.2. The first-order valence-electron chi connectivity index (χ1n) is 13.2. The third kappa shape index (κ3) is 6.80. The quantitative estimate of drug-likeness (QED) is 0.146. The van der Waals surface area contributed by atoms with Gasteiger partial charge in [-0.15, -0.1) is 0 Å². The average Bonchev–Trinajstić information content (AvgIpc) is 3.33. The molecular formula is C32H34BrN5O. The minimum atomic E-state index is -0.0464. The Kier molecular flexibility index (Phi) is 10.00. The molecule has 5 rings (SSSR count). The first kappa shape index (κ1) is 28.2. The Labute approximate surface area is 240 Å². The third-order valence-corrected chi connectivity index (χ3v) is 6.64. The van der Waals surface area contributed by atoms with E-state index in [-0.39, 0.29) is 23.0 Å². The van der Waals surface area contributed by atoms with Gasteiger partial charge in [0.25, 0.3) is 0 Å². The fourth-order valence-electron chi connectivity index (χ4n) is 4.78. The highest BCUT2D eigenvalue weighted by Gasteiger charge is 2.28. The number of fused-ring (bicyclic) bond motifs is 1. The van der Waals surface area contributed by atoms with Crippen molar-refractivity contribution in [2.24, 2.45) is 0 Å². The lowest BCUT2D eigenvalue weighted by Crippen LogP contribution is -3.00. The Morgan fingerprint density at radius 2 is 1.54 bits per heavy atom. The molecule has 2 heterocycles. The average molecular weight is 585 g/mol. The molecule has 1 N–H and O–H groups in total. The fourth-order valence-corrected chi connectivity index (χ4v) is 4.78.